The van der Waals surface area contributed by atoms with Crippen molar-refractivity contribution in [2.24, 2.45) is 5.92 Å². The van der Waals surface area contributed by atoms with Gasteiger partial charge in [0.2, 0.25) is 0 Å². The van der Waals surface area contributed by atoms with Crippen LogP contribution in [-0.2, 0) is 9.53 Å². The number of ether oxygens (including phenoxy) is 1. The third-order valence-electron chi connectivity index (χ3n) is 3.75. The molecular weight excluding hydrogens is 212 g/mol. The Hall–Kier alpha value is -0.790. The molecule has 1 saturated carbocycles. The minimum atomic E-state index is -0.114. The summed E-state index contributed by atoms with van der Waals surface area (Å²) in [5.41, 5.74) is 2.20. The number of allylic oxidation sites excluding steroid dienone is 1. The zero-order valence-electron chi connectivity index (χ0n) is 11.6. The van der Waals surface area contributed by atoms with Crippen LogP contribution < -0.4 is 0 Å². The highest BCUT2D eigenvalue weighted by molar-refractivity contribution is 5.88. The first-order valence-electron chi connectivity index (χ1n) is 7.04. The Kier molecular flexibility index (Phi) is 6.31. The van der Waals surface area contributed by atoms with Crippen molar-refractivity contribution in [3.8, 4) is 0 Å². The van der Waals surface area contributed by atoms with Gasteiger partial charge in [-0.25, -0.2) is 4.79 Å². The van der Waals surface area contributed by atoms with E-state index >= 15 is 0 Å². The van der Waals surface area contributed by atoms with E-state index in [0.29, 0.717) is 6.61 Å². The molecule has 17 heavy (non-hydrogen) atoms. The van der Waals surface area contributed by atoms with Crippen LogP contribution in [0.2, 0.25) is 0 Å². The lowest BCUT2D eigenvalue weighted by Crippen LogP contribution is -2.08. The highest BCUT2D eigenvalue weighted by atomic mass is 16.5. The lowest BCUT2D eigenvalue weighted by Gasteiger charge is -2.11. The van der Waals surface area contributed by atoms with Crippen LogP contribution in [-0.4, -0.2) is 12.6 Å². The van der Waals surface area contributed by atoms with E-state index in [-0.39, 0.29) is 5.97 Å². The molecule has 1 aliphatic rings. The number of carbonyl (C=O) groups excluding carboxylic acids is 1. The monoisotopic (exact) mass is 238 g/mol. The summed E-state index contributed by atoms with van der Waals surface area (Å²) in [7, 11) is 0. The summed E-state index contributed by atoms with van der Waals surface area (Å²) in [6, 6.07) is 0. The largest absolute Gasteiger partial charge is 0.463 e. The van der Waals surface area contributed by atoms with Crippen LogP contribution in [0.3, 0.4) is 0 Å². The Morgan fingerprint density at radius 3 is 2.71 bits per heavy atom. The summed E-state index contributed by atoms with van der Waals surface area (Å²) >= 11 is 0. The summed E-state index contributed by atoms with van der Waals surface area (Å²) in [6.07, 6.45) is 8.61. The predicted molar refractivity (Wildman–Crippen MR) is 70.8 cm³/mol. The molecule has 0 heterocycles. The minimum absolute atomic E-state index is 0.114. The van der Waals surface area contributed by atoms with E-state index in [1.54, 1.807) is 0 Å². The van der Waals surface area contributed by atoms with Gasteiger partial charge < -0.3 is 4.74 Å². The van der Waals surface area contributed by atoms with E-state index in [1.807, 2.05) is 13.8 Å². The third-order valence-corrected chi connectivity index (χ3v) is 3.75. The van der Waals surface area contributed by atoms with Gasteiger partial charge >= 0.3 is 5.97 Å². The number of carbonyl (C=O) groups is 1. The van der Waals surface area contributed by atoms with Gasteiger partial charge in [-0.15, -0.1) is 0 Å². The molecule has 98 valence electrons. The molecule has 2 heteroatoms. The molecule has 0 amide bonds. The molecule has 1 unspecified atom stereocenters. The number of esters is 1. The molecule has 0 spiro atoms. The van der Waals surface area contributed by atoms with Crippen LogP contribution >= 0.6 is 0 Å². The quantitative estimate of drug-likeness (QED) is 0.416. The summed E-state index contributed by atoms with van der Waals surface area (Å²) in [5.74, 6) is 0.754. The van der Waals surface area contributed by atoms with Crippen molar-refractivity contribution < 1.29 is 9.53 Å². The number of hydrogen-bond donors (Lipinski definition) is 0. The molecule has 1 rings (SSSR count). The first-order chi connectivity index (χ1) is 8.19. The number of hydrogen-bond acceptors (Lipinski definition) is 2. The van der Waals surface area contributed by atoms with Gasteiger partial charge in [-0.3, -0.25) is 0 Å². The van der Waals surface area contributed by atoms with Crippen LogP contribution in [0.25, 0.3) is 0 Å². The lowest BCUT2D eigenvalue weighted by atomic mass is 9.95. The summed E-state index contributed by atoms with van der Waals surface area (Å²) in [5, 5.41) is 0. The molecule has 0 aliphatic heterocycles. The van der Waals surface area contributed by atoms with Crippen LogP contribution in [0.5, 0.6) is 0 Å². The Bertz CT molecular complexity index is 279. The maximum absolute atomic E-state index is 11.7. The minimum Gasteiger partial charge on any atom is -0.463 e. The van der Waals surface area contributed by atoms with Gasteiger partial charge in [0.25, 0.3) is 0 Å². The fourth-order valence-corrected chi connectivity index (χ4v) is 2.71. The topological polar surface area (TPSA) is 26.3 Å². The average Bonchev–Trinajstić information content (AvgIpc) is 2.54. The van der Waals surface area contributed by atoms with Gasteiger partial charge in [0.1, 0.15) is 0 Å². The van der Waals surface area contributed by atoms with Crippen molar-refractivity contribution in [3.63, 3.8) is 0 Å². The van der Waals surface area contributed by atoms with E-state index in [2.05, 4.69) is 6.92 Å². The Morgan fingerprint density at radius 2 is 2.06 bits per heavy atom. The van der Waals surface area contributed by atoms with Gasteiger partial charge in [-0.2, -0.15) is 0 Å². The Labute approximate surface area is 105 Å². The van der Waals surface area contributed by atoms with Crippen molar-refractivity contribution in [2.45, 2.75) is 65.7 Å². The molecule has 0 bridgehead atoms. The van der Waals surface area contributed by atoms with E-state index in [4.69, 9.17) is 4.74 Å². The van der Waals surface area contributed by atoms with Crippen LogP contribution in [0.15, 0.2) is 11.1 Å². The average molecular weight is 238 g/mol. The molecule has 2 nitrogen and oxygen atoms in total. The predicted octanol–water partition coefficient (Wildman–Crippen LogP) is 4.25. The van der Waals surface area contributed by atoms with Crippen LogP contribution in [0.4, 0.5) is 0 Å². The van der Waals surface area contributed by atoms with Gasteiger partial charge in [-0.1, -0.05) is 31.8 Å². The molecular formula is C15H26O2. The van der Waals surface area contributed by atoms with E-state index < -0.39 is 0 Å². The first-order valence-corrected chi connectivity index (χ1v) is 7.04. The third kappa shape index (κ3) is 4.53. The second-order valence-electron chi connectivity index (χ2n) is 5.03. The van der Waals surface area contributed by atoms with Crippen molar-refractivity contribution in [1.29, 1.82) is 0 Å². The molecule has 0 saturated heterocycles. The van der Waals surface area contributed by atoms with Gasteiger partial charge in [0, 0.05) is 5.57 Å². The molecule has 0 radical (unpaired) electrons. The second kappa shape index (κ2) is 7.52. The van der Waals surface area contributed by atoms with Crippen molar-refractivity contribution in [3.05, 3.63) is 11.1 Å². The molecule has 1 atom stereocenters. The van der Waals surface area contributed by atoms with Crippen LogP contribution in [0, 0.1) is 5.92 Å². The van der Waals surface area contributed by atoms with E-state index in [9.17, 15) is 4.79 Å². The number of rotatable bonds is 4. The molecule has 0 aromatic heterocycles. The molecule has 0 N–H and O–H groups in total. The van der Waals surface area contributed by atoms with Gasteiger partial charge in [0.15, 0.2) is 0 Å². The standard InChI is InChI=1S/C15H26O2/c1-4-7-13-8-6-9-14(11-10-13)12(3)15(16)17-5-2/h13H,4-11H2,1-3H3. The normalized spacial score (nSPS) is 24.1. The first kappa shape index (κ1) is 14.3. The van der Waals surface area contributed by atoms with Crippen molar-refractivity contribution in [2.75, 3.05) is 6.61 Å². The molecule has 0 aromatic carbocycles. The van der Waals surface area contributed by atoms with Gasteiger partial charge in [-0.05, 0) is 45.4 Å². The Balaban J connectivity index is 2.60. The molecule has 0 aromatic rings. The van der Waals surface area contributed by atoms with Crippen molar-refractivity contribution in [1.82, 2.24) is 0 Å². The molecule has 1 aliphatic carbocycles. The fourth-order valence-electron chi connectivity index (χ4n) is 2.71. The SMILES string of the molecule is CCCC1CCCC(=C(C)C(=O)OCC)CC1. The lowest BCUT2D eigenvalue weighted by molar-refractivity contribution is -0.138. The zero-order valence-corrected chi connectivity index (χ0v) is 11.6. The van der Waals surface area contributed by atoms with E-state index in [1.165, 1.54) is 37.7 Å². The second-order valence-corrected chi connectivity index (χ2v) is 5.03. The zero-order chi connectivity index (χ0) is 12.7. The van der Waals surface area contributed by atoms with E-state index in [0.717, 1.165) is 24.3 Å². The van der Waals surface area contributed by atoms with Gasteiger partial charge in [0.05, 0.1) is 6.61 Å². The van der Waals surface area contributed by atoms with Crippen molar-refractivity contribution >= 4 is 5.97 Å². The summed E-state index contributed by atoms with van der Waals surface area (Å²) in [4.78, 5) is 11.7. The maximum Gasteiger partial charge on any atom is 0.333 e. The summed E-state index contributed by atoms with van der Waals surface area (Å²) in [6.45, 7) is 6.51. The smallest absolute Gasteiger partial charge is 0.333 e. The Morgan fingerprint density at radius 1 is 1.29 bits per heavy atom. The fraction of sp³-hybridized carbons (Fsp3) is 0.800. The summed E-state index contributed by atoms with van der Waals surface area (Å²) < 4.78 is 5.08. The van der Waals surface area contributed by atoms with Crippen LogP contribution in [0.1, 0.15) is 65.7 Å². The molecule has 1 fully saturated rings. The maximum atomic E-state index is 11.7. The highest BCUT2D eigenvalue weighted by Gasteiger charge is 2.18. The highest BCUT2D eigenvalue weighted by Crippen LogP contribution is 2.31.